The predicted octanol–water partition coefficient (Wildman–Crippen LogP) is 6.14. The lowest BCUT2D eigenvalue weighted by molar-refractivity contribution is 0.0697. The van der Waals surface area contributed by atoms with E-state index >= 15 is 0 Å². The molecule has 0 aliphatic heterocycles. The zero-order valence-corrected chi connectivity index (χ0v) is 17.3. The summed E-state index contributed by atoms with van der Waals surface area (Å²) < 4.78 is 0. The highest BCUT2D eigenvalue weighted by Gasteiger charge is 2.14. The molecule has 0 spiro atoms. The maximum Gasteiger partial charge on any atom is 0.335 e. The standard InChI is InChI=1S/C24H20ClN3O2/c1-14(2)27-24-26-13-17-11-20(18-5-3-4-6-21(18)25)19(12-22(17)28-24)15-7-9-16(10-8-15)23(29)30/h3-14H,1-2H3,(H,29,30)(H,26,27,28). The third-order valence-electron chi connectivity index (χ3n) is 4.74. The SMILES string of the molecule is CC(C)Nc1ncc2cc(-c3ccccc3Cl)c(-c3ccc(C(=O)O)cc3)cc2n1. The van der Waals surface area contributed by atoms with Gasteiger partial charge in [-0.05, 0) is 60.9 Å². The molecule has 1 heterocycles. The number of hydrogen-bond donors (Lipinski definition) is 2. The largest absolute Gasteiger partial charge is 0.478 e. The Morgan fingerprint density at radius 1 is 1.00 bits per heavy atom. The van der Waals surface area contributed by atoms with Crippen molar-refractivity contribution in [2.24, 2.45) is 0 Å². The van der Waals surface area contributed by atoms with Gasteiger partial charge in [0, 0.05) is 28.2 Å². The molecule has 0 saturated heterocycles. The molecule has 0 amide bonds. The first kappa shape index (κ1) is 19.9. The van der Waals surface area contributed by atoms with E-state index in [-0.39, 0.29) is 11.6 Å². The fraction of sp³-hybridized carbons (Fsp3) is 0.125. The van der Waals surface area contributed by atoms with Crippen molar-refractivity contribution >= 4 is 34.4 Å². The molecule has 150 valence electrons. The van der Waals surface area contributed by atoms with Crippen LogP contribution in [0.5, 0.6) is 0 Å². The Morgan fingerprint density at radius 2 is 1.73 bits per heavy atom. The van der Waals surface area contributed by atoms with Gasteiger partial charge < -0.3 is 10.4 Å². The van der Waals surface area contributed by atoms with Crippen LogP contribution in [0.15, 0.2) is 66.9 Å². The highest BCUT2D eigenvalue weighted by Crippen LogP contribution is 2.38. The maximum absolute atomic E-state index is 11.2. The lowest BCUT2D eigenvalue weighted by Gasteiger charge is -2.15. The Hall–Kier alpha value is -3.44. The monoisotopic (exact) mass is 417 g/mol. The van der Waals surface area contributed by atoms with Gasteiger partial charge in [0.15, 0.2) is 0 Å². The first-order valence-electron chi connectivity index (χ1n) is 9.58. The number of anilines is 1. The molecule has 0 fully saturated rings. The van der Waals surface area contributed by atoms with E-state index in [4.69, 9.17) is 11.6 Å². The van der Waals surface area contributed by atoms with Crippen molar-refractivity contribution < 1.29 is 9.90 Å². The van der Waals surface area contributed by atoms with Crippen LogP contribution in [-0.2, 0) is 0 Å². The molecular weight excluding hydrogens is 398 g/mol. The number of halogens is 1. The number of aromatic carboxylic acids is 1. The average Bonchev–Trinajstić information content (AvgIpc) is 2.73. The molecule has 2 N–H and O–H groups in total. The molecule has 6 heteroatoms. The van der Waals surface area contributed by atoms with E-state index in [1.807, 2.05) is 50.2 Å². The summed E-state index contributed by atoms with van der Waals surface area (Å²) in [5, 5.41) is 14.0. The van der Waals surface area contributed by atoms with Gasteiger partial charge in [-0.1, -0.05) is 41.9 Å². The third-order valence-corrected chi connectivity index (χ3v) is 5.07. The summed E-state index contributed by atoms with van der Waals surface area (Å²) in [5.74, 6) is -0.390. The van der Waals surface area contributed by atoms with E-state index in [0.717, 1.165) is 33.2 Å². The molecule has 3 aromatic carbocycles. The van der Waals surface area contributed by atoms with E-state index in [0.29, 0.717) is 11.0 Å². The second-order valence-electron chi connectivity index (χ2n) is 7.31. The van der Waals surface area contributed by atoms with Crippen molar-refractivity contribution in [2.45, 2.75) is 19.9 Å². The van der Waals surface area contributed by atoms with Crippen molar-refractivity contribution in [3.8, 4) is 22.3 Å². The van der Waals surface area contributed by atoms with Crippen molar-refractivity contribution in [1.29, 1.82) is 0 Å². The van der Waals surface area contributed by atoms with Crippen molar-refractivity contribution in [3.05, 3.63) is 77.4 Å². The lowest BCUT2D eigenvalue weighted by atomic mass is 9.92. The third kappa shape index (κ3) is 3.98. The number of rotatable bonds is 5. The minimum absolute atomic E-state index is 0.216. The van der Waals surface area contributed by atoms with Crippen LogP contribution in [0.1, 0.15) is 24.2 Å². The highest BCUT2D eigenvalue weighted by atomic mass is 35.5. The molecule has 0 bridgehead atoms. The first-order chi connectivity index (χ1) is 14.4. The van der Waals surface area contributed by atoms with Crippen molar-refractivity contribution in [1.82, 2.24) is 9.97 Å². The number of carbonyl (C=O) groups is 1. The second-order valence-corrected chi connectivity index (χ2v) is 7.72. The molecule has 0 aliphatic carbocycles. The summed E-state index contributed by atoms with van der Waals surface area (Å²) in [4.78, 5) is 20.3. The smallest absolute Gasteiger partial charge is 0.335 e. The molecule has 4 rings (SSSR count). The minimum atomic E-state index is -0.955. The second kappa shape index (κ2) is 8.13. The Bertz CT molecular complexity index is 1240. The Morgan fingerprint density at radius 3 is 2.40 bits per heavy atom. The molecule has 0 saturated carbocycles. The van der Waals surface area contributed by atoms with E-state index < -0.39 is 5.97 Å². The molecule has 5 nitrogen and oxygen atoms in total. The van der Waals surface area contributed by atoms with E-state index in [2.05, 4.69) is 15.3 Å². The first-order valence-corrected chi connectivity index (χ1v) is 9.96. The van der Waals surface area contributed by atoms with Gasteiger partial charge in [0.2, 0.25) is 5.95 Å². The number of fused-ring (bicyclic) bond motifs is 1. The quantitative estimate of drug-likeness (QED) is 0.408. The molecular formula is C24H20ClN3O2. The summed E-state index contributed by atoms with van der Waals surface area (Å²) >= 11 is 6.50. The fourth-order valence-corrected chi connectivity index (χ4v) is 3.58. The van der Waals surface area contributed by atoms with Gasteiger partial charge in [-0.3, -0.25) is 0 Å². The van der Waals surface area contributed by atoms with Gasteiger partial charge in [-0.15, -0.1) is 0 Å². The van der Waals surface area contributed by atoms with Crippen LogP contribution < -0.4 is 5.32 Å². The van der Waals surface area contributed by atoms with Gasteiger partial charge in [0.25, 0.3) is 0 Å². The summed E-state index contributed by atoms with van der Waals surface area (Å²) in [6, 6.07) is 18.7. The van der Waals surface area contributed by atoms with Crippen molar-refractivity contribution in [2.75, 3.05) is 5.32 Å². The van der Waals surface area contributed by atoms with Gasteiger partial charge in [-0.25, -0.2) is 14.8 Å². The Kier molecular flexibility index (Phi) is 5.38. The van der Waals surface area contributed by atoms with Crippen LogP contribution in [0.4, 0.5) is 5.95 Å². The molecule has 1 aromatic heterocycles. The van der Waals surface area contributed by atoms with Crippen LogP contribution in [0.2, 0.25) is 5.02 Å². The fourth-order valence-electron chi connectivity index (χ4n) is 3.34. The Balaban J connectivity index is 1.94. The van der Waals surface area contributed by atoms with Gasteiger partial charge in [0.05, 0.1) is 11.1 Å². The van der Waals surface area contributed by atoms with E-state index in [1.54, 1.807) is 30.5 Å². The summed E-state index contributed by atoms with van der Waals surface area (Å²) in [7, 11) is 0. The number of nitrogens with zero attached hydrogens (tertiary/aromatic N) is 2. The number of aromatic nitrogens is 2. The van der Waals surface area contributed by atoms with Crippen LogP contribution in [0.3, 0.4) is 0 Å². The summed E-state index contributed by atoms with van der Waals surface area (Å²) in [6.45, 7) is 4.06. The molecule has 0 unspecified atom stereocenters. The number of carboxylic acids is 1. The number of carboxylic acid groups (broad SMARTS) is 1. The molecule has 0 atom stereocenters. The molecule has 30 heavy (non-hydrogen) atoms. The number of nitrogens with one attached hydrogen (secondary N) is 1. The van der Waals surface area contributed by atoms with Gasteiger partial charge in [-0.2, -0.15) is 0 Å². The van der Waals surface area contributed by atoms with E-state index in [9.17, 15) is 9.90 Å². The summed E-state index contributed by atoms with van der Waals surface area (Å²) in [6.07, 6.45) is 1.80. The lowest BCUT2D eigenvalue weighted by Crippen LogP contribution is -2.12. The van der Waals surface area contributed by atoms with E-state index in [1.165, 1.54) is 0 Å². The average molecular weight is 418 g/mol. The Labute approximate surface area is 179 Å². The maximum atomic E-state index is 11.2. The summed E-state index contributed by atoms with van der Waals surface area (Å²) in [5.41, 5.74) is 4.66. The zero-order valence-electron chi connectivity index (χ0n) is 16.6. The zero-order chi connectivity index (χ0) is 21.3. The molecule has 0 aliphatic rings. The normalized spacial score (nSPS) is 11.1. The van der Waals surface area contributed by atoms with Gasteiger partial charge in [0.1, 0.15) is 0 Å². The van der Waals surface area contributed by atoms with Gasteiger partial charge >= 0.3 is 5.97 Å². The van der Waals surface area contributed by atoms with Crippen LogP contribution in [0, 0.1) is 0 Å². The predicted molar refractivity (Wildman–Crippen MR) is 121 cm³/mol. The highest BCUT2D eigenvalue weighted by molar-refractivity contribution is 6.33. The number of hydrogen-bond acceptors (Lipinski definition) is 4. The molecule has 0 radical (unpaired) electrons. The number of benzene rings is 3. The van der Waals surface area contributed by atoms with Crippen LogP contribution in [-0.4, -0.2) is 27.1 Å². The van der Waals surface area contributed by atoms with Crippen LogP contribution in [0.25, 0.3) is 33.2 Å². The topological polar surface area (TPSA) is 75.1 Å². The minimum Gasteiger partial charge on any atom is -0.478 e. The van der Waals surface area contributed by atoms with Crippen molar-refractivity contribution in [3.63, 3.8) is 0 Å². The molecule has 4 aromatic rings. The van der Waals surface area contributed by atoms with Crippen LogP contribution >= 0.6 is 11.6 Å².